The molecule has 0 bridgehead atoms. The van der Waals surface area contributed by atoms with Crippen LogP contribution in [-0.4, -0.2) is 17.4 Å². The topological polar surface area (TPSA) is 72.2 Å². The van der Waals surface area contributed by atoms with Crippen LogP contribution in [0.4, 0.5) is 5.69 Å². The number of benzene rings is 1. The zero-order valence-corrected chi connectivity index (χ0v) is 8.90. The highest BCUT2D eigenvalue weighted by molar-refractivity contribution is 5.79. The smallest absolute Gasteiger partial charge is 0.272 e. The van der Waals surface area contributed by atoms with Crippen LogP contribution in [0.3, 0.4) is 0 Å². The van der Waals surface area contributed by atoms with Gasteiger partial charge in [-0.05, 0) is 13.0 Å². The summed E-state index contributed by atoms with van der Waals surface area (Å²) in [5.74, 6) is -0.117. The van der Waals surface area contributed by atoms with Crippen molar-refractivity contribution in [2.24, 2.45) is 0 Å². The first-order valence-electron chi connectivity index (χ1n) is 5.09. The highest BCUT2D eigenvalue weighted by Crippen LogP contribution is 2.31. The van der Waals surface area contributed by atoms with Crippen LogP contribution in [0.25, 0.3) is 0 Å². The molecule has 1 fully saturated rings. The summed E-state index contributed by atoms with van der Waals surface area (Å²) in [6.45, 7) is 2.38. The number of hydrogen-bond donors (Lipinski definition) is 1. The van der Waals surface area contributed by atoms with Crippen LogP contribution in [0.2, 0.25) is 0 Å². The number of carbonyl (C=O) groups is 1. The van der Waals surface area contributed by atoms with Crippen molar-refractivity contribution in [2.75, 3.05) is 6.54 Å². The molecule has 2 rings (SSSR count). The minimum Gasteiger partial charge on any atom is -0.355 e. The SMILES string of the molecule is Cc1ccc([N+](=O)[O-])c(C2CNC(=O)C2)c1. The Labute approximate surface area is 92.6 Å². The van der Waals surface area contributed by atoms with Crippen molar-refractivity contribution in [3.63, 3.8) is 0 Å². The lowest BCUT2D eigenvalue weighted by Gasteiger charge is -2.09. The summed E-state index contributed by atoms with van der Waals surface area (Å²) in [6, 6.07) is 5.02. The summed E-state index contributed by atoms with van der Waals surface area (Å²) in [5, 5.41) is 13.6. The number of nitro benzene ring substituents is 1. The predicted octanol–water partition coefficient (Wildman–Crippen LogP) is 1.51. The highest BCUT2D eigenvalue weighted by Gasteiger charge is 2.28. The molecule has 1 aromatic carbocycles. The Balaban J connectivity index is 2.41. The van der Waals surface area contributed by atoms with Gasteiger partial charge in [0.1, 0.15) is 0 Å². The van der Waals surface area contributed by atoms with E-state index in [4.69, 9.17) is 0 Å². The third kappa shape index (κ3) is 1.88. The van der Waals surface area contributed by atoms with E-state index < -0.39 is 4.92 Å². The Morgan fingerprint density at radius 2 is 2.25 bits per heavy atom. The van der Waals surface area contributed by atoms with Crippen molar-refractivity contribution in [3.05, 3.63) is 39.4 Å². The number of hydrogen-bond acceptors (Lipinski definition) is 3. The standard InChI is InChI=1S/C11H12N2O3/c1-7-2-3-10(13(15)16)9(4-7)8-5-11(14)12-6-8/h2-4,8H,5-6H2,1H3,(H,12,14). The van der Waals surface area contributed by atoms with Crippen molar-refractivity contribution in [3.8, 4) is 0 Å². The summed E-state index contributed by atoms with van der Waals surface area (Å²) >= 11 is 0. The second-order valence-electron chi connectivity index (χ2n) is 4.02. The number of nitrogens with zero attached hydrogens (tertiary/aromatic N) is 1. The Morgan fingerprint density at radius 1 is 1.50 bits per heavy atom. The second kappa shape index (κ2) is 3.92. The zero-order chi connectivity index (χ0) is 11.7. The third-order valence-corrected chi connectivity index (χ3v) is 2.80. The van der Waals surface area contributed by atoms with Gasteiger partial charge in [0.25, 0.3) is 5.69 Å². The molecule has 1 heterocycles. The molecule has 1 amide bonds. The number of aryl methyl sites for hydroxylation is 1. The fraction of sp³-hybridized carbons (Fsp3) is 0.364. The van der Waals surface area contributed by atoms with Crippen molar-refractivity contribution in [1.82, 2.24) is 5.32 Å². The summed E-state index contributed by atoms with van der Waals surface area (Å²) in [5.41, 5.74) is 1.73. The molecule has 1 saturated heterocycles. The van der Waals surface area contributed by atoms with Gasteiger partial charge in [-0.25, -0.2) is 0 Å². The number of amides is 1. The average molecular weight is 220 g/mol. The largest absolute Gasteiger partial charge is 0.355 e. The Kier molecular flexibility index (Phi) is 2.60. The molecule has 0 saturated carbocycles. The number of rotatable bonds is 2. The molecule has 1 aromatic rings. The van der Waals surface area contributed by atoms with Crippen LogP contribution < -0.4 is 5.32 Å². The highest BCUT2D eigenvalue weighted by atomic mass is 16.6. The summed E-state index contributed by atoms with van der Waals surface area (Å²) in [6.07, 6.45) is 0.338. The fourth-order valence-electron chi connectivity index (χ4n) is 1.99. The van der Waals surface area contributed by atoms with Crippen LogP contribution in [0.5, 0.6) is 0 Å². The van der Waals surface area contributed by atoms with E-state index in [1.807, 2.05) is 6.92 Å². The van der Waals surface area contributed by atoms with Crippen LogP contribution in [0.15, 0.2) is 18.2 Å². The van der Waals surface area contributed by atoms with Gasteiger partial charge in [-0.15, -0.1) is 0 Å². The monoisotopic (exact) mass is 220 g/mol. The third-order valence-electron chi connectivity index (χ3n) is 2.80. The van der Waals surface area contributed by atoms with E-state index in [1.54, 1.807) is 12.1 Å². The maximum absolute atomic E-state index is 11.1. The molecule has 16 heavy (non-hydrogen) atoms. The molecule has 0 aliphatic carbocycles. The molecule has 5 heteroatoms. The van der Waals surface area contributed by atoms with Crippen molar-refractivity contribution < 1.29 is 9.72 Å². The second-order valence-corrected chi connectivity index (χ2v) is 4.02. The van der Waals surface area contributed by atoms with Crippen molar-refractivity contribution in [1.29, 1.82) is 0 Å². The van der Waals surface area contributed by atoms with E-state index in [2.05, 4.69) is 5.32 Å². The molecule has 5 nitrogen and oxygen atoms in total. The summed E-state index contributed by atoms with van der Waals surface area (Å²) < 4.78 is 0. The van der Waals surface area contributed by atoms with Crippen LogP contribution in [0.1, 0.15) is 23.5 Å². The molecule has 1 aliphatic rings. The predicted molar refractivity (Wildman–Crippen MR) is 58.2 cm³/mol. The molecular formula is C11H12N2O3. The van der Waals surface area contributed by atoms with Crippen LogP contribution in [0, 0.1) is 17.0 Å². The number of nitrogens with one attached hydrogen (secondary N) is 1. The first kappa shape index (κ1) is 10.6. The summed E-state index contributed by atoms with van der Waals surface area (Å²) in [7, 11) is 0. The van der Waals surface area contributed by atoms with Gasteiger partial charge in [0.05, 0.1) is 4.92 Å². The van der Waals surface area contributed by atoms with Gasteiger partial charge in [-0.1, -0.05) is 11.6 Å². The molecule has 1 N–H and O–H groups in total. The van der Waals surface area contributed by atoms with Crippen molar-refractivity contribution in [2.45, 2.75) is 19.3 Å². The maximum atomic E-state index is 11.1. The summed E-state index contributed by atoms with van der Waals surface area (Å²) in [4.78, 5) is 21.6. The van der Waals surface area contributed by atoms with E-state index in [0.29, 0.717) is 18.5 Å². The van der Waals surface area contributed by atoms with E-state index in [0.717, 1.165) is 5.56 Å². The van der Waals surface area contributed by atoms with Crippen LogP contribution in [-0.2, 0) is 4.79 Å². The Bertz CT molecular complexity index is 457. The lowest BCUT2D eigenvalue weighted by Crippen LogP contribution is -2.13. The van der Waals surface area contributed by atoms with Crippen molar-refractivity contribution >= 4 is 11.6 Å². The maximum Gasteiger partial charge on any atom is 0.272 e. The average Bonchev–Trinajstić information content (AvgIpc) is 2.64. The minimum absolute atomic E-state index is 0.0409. The normalized spacial score (nSPS) is 19.6. The Morgan fingerprint density at radius 3 is 2.81 bits per heavy atom. The molecule has 0 aromatic heterocycles. The molecule has 1 atom stereocenters. The van der Waals surface area contributed by atoms with E-state index in [1.165, 1.54) is 6.07 Å². The van der Waals surface area contributed by atoms with E-state index in [9.17, 15) is 14.9 Å². The molecule has 1 aliphatic heterocycles. The van der Waals surface area contributed by atoms with Gasteiger partial charge < -0.3 is 5.32 Å². The van der Waals surface area contributed by atoms with Gasteiger partial charge >= 0.3 is 0 Å². The van der Waals surface area contributed by atoms with E-state index >= 15 is 0 Å². The molecule has 1 unspecified atom stereocenters. The first-order valence-corrected chi connectivity index (χ1v) is 5.09. The molecule has 84 valence electrons. The molecular weight excluding hydrogens is 208 g/mol. The van der Waals surface area contributed by atoms with Crippen LogP contribution >= 0.6 is 0 Å². The van der Waals surface area contributed by atoms with Gasteiger partial charge in [0.2, 0.25) is 5.91 Å². The lowest BCUT2D eigenvalue weighted by molar-refractivity contribution is -0.385. The van der Waals surface area contributed by atoms with Gasteiger partial charge in [-0.3, -0.25) is 14.9 Å². The fourth-order valence-corrected chi connectivity index (χ4v) is 1.99. The first-order chi connectivity index (χ1) is 7.58. The lowest BCUT2D eigenvalue weighted by atomic mass is 9.95. The minimum atomic E-state index is -0.391. The van der Waals surface area contributed by atoms with E-state index in [-0.39, 0.29) is 17.5 Å². The zero-order valence-electron chi connectivity index (χ0n) is 8.90. The Hall–Kier alpha value is -1.91. The van der Waals surface area contributed by atoms with Gasteiger partial charge in [-0.2, -0.15) is 0 Å². The molecule has 0 spiro atoms. The molecule has 0 radical (unpaired) electrons. The number of nitro groups is 1. The van der Waals surface area contributed by atoms with Gasteiger partial charge in [0.15, 0.2) is 0 Å². The quantitative estimate of drug-likeness (QED) is 0.606. The number of carbonyl (C=O) groups excluding carboxylic acids is 1. The van der Waals surface area contributed by atoms with Gasteiger partial charge in [0, 0.05) is 30.5 Å².